The van der Waals surface area contributed by atoms with Gasteiger partial charge in [-0.15, -0.1) is 0 Å². The first-order valence-electron chi connectivity index (χ1n) is 7.68. The summed E-state index contributed by atoms with van der Waals surface area (Å²) in [4.78, 5) is 0. The van der Waals surface area contributed by atoms with E-state index in [1.807, 2.05) is 0 Å². The maximum Gasteiger partial charge on any atom is 0.333 e. The molecule has 0 aliphatic heterocycles. The first kappa shape index (κ1) is 19.9. The Labute approximate surface area is 137 Å². The van der Waals surface area contributed by atoms with Gasteiger partial charge >= 0.3 is 10.3 Å². The fourth-order valence-electron chi connectivity index (χ4n) is 2.47. The normalized spacial score (nSPS) is 17.2. The first-order valence-corrected chi connectivity index (χ1v) is 9.12. The van der Waals surface area contributed by atoms with E-state index in [-0.39, 0.29) is 11.8 Å². The van der Waals surface area contributed by atoms with E-state index in [0.717, 1.165) is 31.2 Å². The fraction of sp³-hybridized carbons (Fsp3) is 0.600. The van der Waals surface area contributed by atoms with Crippen molar-refractivity contribution in [1.82, 2.24) is 10.0 Å². The highest BCUT2D eigenvalue weighted by Crippen LogP contribution is 2.18. The second-order valence-electron chi connectivity index (χ2n) is 5.60. The quantitative estimate of drug-likeness (QED) is 0.514. The first-order chi connectivity index (χ1) is 10.8. The summed E-state index contributed by atoms with van der Waals surface area (Å²) in [6, 6.07) is 6.59. The van der Waals surface area contributed by atoms with Crippen LogP contribution in [0.15, 0.2) is 24.3 Å². The third kappa shape index (κ3) is 8.87. The van der Waals surface area contributed by atoms with Crippen molar-refractivity contribution in [3.63, 3.8) is 0 Å². The number of rotatable bonds is 5. The number of phenols is 1. The van der Waals surface area contributed by atoms with Gasteiger partial charge in [0.15, 0.2) is 0 Å². The SMILES string of the molecule is CNC[C@H](O)c1cccc(O)c1.O=S(=O)(O)NC1CCCCC1. The molecule has 0 saturated heterocycles. The number of aliphatic hydroxyl groups excluding tert-OH is 1. The lowest BCUT2D eigenvalue weighted by molar-refractivity contribution is 0.177. The molecule has 5 N–H and O–H groups in total. The molecule has 1 aromatic rings. The van der Waals surface area contributed by atoms with Gasteiger partial charge in [0.1, 0.15) is 5.75 Å². The molecule has 7 nitrogen and oxygen atoms in total. The summed E-state index contributed by atoms with van der Waals surface area (Å²) in [5.74, 6) is 0.183. The van der Waals surface area contributed by atoms with Gasteiger partial charge in [0.05, 0.1) is 6.10 Å². The largest absolute Gasteiger partial charge is 0.508 e. The molecule has 0 heterocycles. The lowest BCUT2D eigenvalue weighted by atomic mass is 9.96. The van der Waals surface area contributed by atoms with Crippen molar-refractivity contribution in [2.24, 2.45) is 0 Å². The van der Waals surface area contributed by atoms with Gasteiger partial charge in [-0.05, 0) is 37.6 Å². The topological polar surface area (TPSA) is 119 Å². The van der Waals surface area contributed by atoms with Crippen molar-refractivity contribution < 1.29 is 23.2 Å². The van der Waals surface area contributed by atoms with Crippen LogP contribution < -0.4 is 10.0 Å². The number of hydrogen-bond donors (Lipinski definition) is 5. The Hall–Kier alpha value is -1.19. The predicted molar refractivity (Wildman–Crippen MR) is 88.6 cm³/mol. The standard InChI is InChI=1S/C9H13NO2.C6H13NO3S/c1-10-6-9(12)7-3-2-4-8(11)5-7;8-11(9,10)7-6-4-2-1-3-5-6/h2-5,9-12H,6H2,1H3;6-7H,1-5H2,(H,8,9,10)/t9-;/m0./s1. The van der Waals surface area contributed by atoms with Gasteiger partial charge in [0, 0.05) is 12.6 Å². The zero-order valence-corrected chi connectivity index (χ0v) is 14.1. The molecule has 0 spiro atoms. The van der Waals surface area contributed by atoms with Crippen LogP contribution in [0.25, 0.3) is 0 Å². The molecule has 2 rings (SSSR count). The molecule has 0 bridgehead atoms. The predicted octanol–water partition coefficient (Wildman–Crippen LogP) is 1.36. The minimum Gasteiger partial charge on any atom is -0.508 e. The van der Waals surface area contributed by atoms with Crippen LogP contribution in [-0.2, 0) is 10.3 Å². The van der Waals surface area contributed by atoms with Crippen molar-refractivity contribution >= 4 is 10.3 Å². The van der Waals surface area contributed by atoms with E-state index in [1.54, 1.807) is 31.3 Å². The third-order valence-electron chi connectivity index (χ3n) is 3.57. The molecule has 1 atom stereocenters. The molecular weight excluding hydrogens is 320 g/mol. The number of nitrogens with one attached hydrogen (secondary N) is 2. The van der Waals surface area contributed by atoms with Gasteiger partial charge in [0.25, 0.3) is 0 Å². The Morgan fingerprint density at radius 2 is 1.91 bits per heavy atom. The van der Waals surface area contributed by atoms with Crippen molar-refractivity contribution in [1.29, 1.82) is 0 Å². The second kappa shape index (κ2) is 9.84. The monoisotopic (exact) mass is 346 g/mol. The maximum absolute atomic E-state index is 10.3. The van der Waals surface area contributed by atoms with Crippen LogP contribution in [0.1, 0.15) is 43.8 Å². The molecule has 1 aliphatic rings. The highest BCUT2D eigenvalue weighted by Gasteiger charge is 2.17. The number of likely N-dealkylation sites (N-methyl/N-ethyl adjacent to an activating group) is 1. The van der Waals surface area contributed by atoms with E-state index in [4.69, 9.17) is 9.66 Å². The van der Waals surface area contributed by atoms with Crippen LogP contribution in [0.2, 0.25) is 0 Å². The van der Waals surface area contributed by atoms with Crippen molar-refractivity contribution in [2.75, 3.05) is 13.6 Å². The van der Waals surface area contributed by atoms with Crippen molar-refractivity contribution in [3.05, 3.63) is 29.8 Å². The van der Waals surface area contributed by atoms with E-state index >= 15 is 0 Å². The molecule has 0 unspecified atom stereocenters. The van der Waals surface area contributed by atoms with Crippen LogP contribution in [0.5, 0.6) is 5.75 Å². The fourth-order valence-corrected chi connectivity index (χ4v) is 3.13. The summed E-state index contributed by atoms with van der Waals surface area (Å²) in [7, 11) is -2.20. The molecule has 0 radical (unpaired) electrons. The number of hydrogen-bond acceptors (Lipinski definition) is 5. The molecule has 0 aromatic heterocycles. The van der Waals surface area contributed by atoms with E-state index in [2.05, 4.69) is 10.0 Å². The molecule has 132 valence electrons. The molecule has 1 aliphatic carbocycles. The van der Waals surface area contributed by atoms with Crippen LogP contribution >= 0.6 is 0 Å². The third-order valence-corrected chi connectivity index (χ3v) is 4.20. The minimum absolute atomic E-state index is 0.0428. The summed E-state index contributed by atoms with van der Waals surface area (Å²) in [6.45, 7) is 0.490. The maximum atomic E-state index is 10.3. The zero-order chi connectivity index (χ0) is 17.3. The Kier molecular flexibility index (Phi) is 8.49. The number of aromatic hydroxyl groups is 1. The summed E-state index contributed by atoms with van der Waals surface area (Å²) >= 11 is 0. The molecule has 8 heteroatoms. The van der Waals surface area contributed by atoms with Gasteiger partial charge in [0.2, 0.25) is 0 Å². The van der Waals surface area contributed by atoms with E-state index in [0.29, 0.717) is 6.54 Å². The van der Waals surface area contributed by atoms with Gasteiger partial charge < -0.3 is 15.5 Å². The average molecular weight is 346 g/mol. The highest BCUT2D eigenvalue weighted by molar-refractivity contribution is 7.83. The van der Waals surface area contributed by atoms with Gasteiger partial charge in [-0.3, -0.25) is 4.55 Å². The lowest BCUT2D eigenvalue weighted by Gasteiger charge is -2.20. The van der Waals surface area contributed by atoms with Gasteiger partial charge in [-0.25, -0.2) is 0 Å². The second-order valence-corrected chi connectivity index (χ2v) is 6.78. The van der Waals surface area contributed by atoms with Crippen LogP contribution in [0, 0.1) is 0 Å². The average Bonchev–Trinajstić information content (AvgIpc) is 2.47. The van der Waals surface area contributed by atoms with Gasteiger partial charge in [-0.2, -0.15) is 13.1 Å². The van der Waals surface area contributed by atoms with Gasteiger partial charge in [-0.1, -0.05) is 31.4 Å². The van der Waals surface area contributed by atoms with Crippen LogP contribution in [0.4, 0.5) is 0 Å². The Balaban J connectivity index is 0.000000231. The summed E-state index contributed by atoms with van der Waals surface area (Å²) in [6.07, 6.45) is 4.41. The van der Waals surface area contributed by atoms with E-state index in [1.165, 1.54) is 6.42 Å². The molecule has 1 fully saturated rings. The lowest BCUT2D eigenvalue weighted by Crippen LogP contribution is -2.35. The van der Waals surface area contributed by atoms with E-state index in [9.17, 15) is 13.5 Å². The number of phenolic OH excluding ortho intramolecular Hbond substituents is 1. The summed E-state index contributed by atoms with van der Waals surface area (Å²) in [5.41, 5.74) is 0.726. The van der Waals surface area contributed by atoms with Crippen LogP contribution in [0.3, 0.4) is 0 Å². The smallest absolute Gasteiger partial charge is 0.333 e. The number of benzene rings is 1. The highest BCUT2D eigenvalue weighted by atomic mass is 32.2. The molecular formula is C15H26N2O5S. The minimum atomic E-state index is -3.97. The molecule has 23 heavy (non-hydrogen) atoms. The molecule has 1 saturated carbocycles. The Morgan fingerprint density at radius 3 is 2.43 bits per heavy atom. The molecule has 0 amide bonds. The summed E-state index contributed by atoms with van der Waals surface area (Å²) < 4.78 is 31.3. The number of aliphatic hydroxyl groups is 1. The van der Waals surface area contributed by atoms with Crippen molar-refractivity contribution in [3.8, 4) is 5.75 Å². The molecule has 1 aromatic carbocycles. The Morgan fingerprint density at radius 1 is 1.26 bits per heavy atom. The van der Waals surface area contributed by atoms with Crippen molar-refractivity contribution in [2.45, 2.75) is 44.2 Å². The summed E-state index contributed by atoms with van der Waals surface area (Å²) in [5, 5.41) is 21.4. The Bertz CT molecular complexity index is 559. The van der Waals surface area contributed by atoms with E-state index < -0.39 is 16.4 Å². The zero-order valence-electron chi connectivity index (χ0n) is 13.3. The van der Waals surface area contributed by atoms with Crippen LogP contribution in [-0.4, -0.2) is 42.8 Å².